The molecule has 0 aliphatic carbocycles. The topological polar surface area (TPSA) is 49.7 Å². The van der Waals surface area contributed by atoms with E-state index in [1.165, 1.54) is 11.1 Å². The first kappa shape index (κ1) is 16.0. The second-order valence-electron chi connectivity index (χ2n) is 5.22. The molecule has 0 saturated carbocycles. The second-order valence-corrected chi connectivity index (χ2v) is 5.22. The van der Waals surface area contributed by atoms with Crippen molar-refractivity contribution in [3.8, 4) is 5.75 Å². The number of aliphatic hydroxyl groups is 2. The monoisotopic (exact) mass is 266 g/mol. The smallest absolute Gasteiger partial charge is 0.122 e. The van der Waals surface area contributed by atoms with Gasteiger partial charge in [-0.1, -0.05) is 19.9 Å². The summed E-state index contributed by atoms with van der Waals surface area (Å²) >= 11 is 0. The lowest BCUT2D eigenvalue weighted by atomic mass is 9.89. The summed E-state index contributed by atoms with van der Waals surface area (Å²) in [5.41, 5.74) is 3.59. The summed E-state index contributed by atoms with van der Waals surface area (Å²) in [6.45, 7) is 8.88. The van der Waals surface area contributed by atoms with Crippen molar-refractivity contribution in [1.29, 1.82) is 0 Å². The van der Waals surface area contributed by atoms with Crippen LogP contribution in [0.4, 0.5) is 0 Å². The van der Waals surface area contributed by atoms with E-state index in [9.17, 15) is 5.11 Å². The first-order chi connectivity index (χ1) is 9.01. The van der Waals surface area contributed by atoms with E-state index in [1.54, 1.807) is 0 Å². The zero-order valence-corrected chi connectivity index (χ0v) is 12.4. The number of hydrogen-bond donors (Lipinski definition) is 2. The van der Waals surface area contributed by atoms with Crippen molar-refractivity contribution in [2.45, 2.75) is 52.6 Å². The molecule has 0 aliphatic rings. The molecule has 2 atom stereocenters. The fourth-order valence-corrected chi connectivity index (χ4v) is 2.33. The van der Waals surface area contributed by atoms with E-state index >= 15 is 0 Å². The van der Waals surface area contributed by atoms with Crippen molar-refractivity contribution in [2.75, 3.05) is 13.2 Å². The normalized spacial score (nSPS) is 14.2. The molecule has 19 heavy (non-hydrogen) atoms. The molecule has 1 aromatic carbocycles. The highest BCUT2D eigenvalue weighted by molar-refractivity contribution is 5.44. The third kappa shape index (κ3) is 4.22. The van der Waals surface area contributed by atoms with Gasteiger partial charge in [0.15, 0.2) is 0 Å². The molecule has 2 N–H and O–H groups in total. The Kier molecular flexibility index (Phi) is 6.32. The van der Waals surface area contributed by atoms with Gasteiger partial charge in [-0.2, -0.15) is 0 Å². The van der Waals surface area contributed by atoms with Gasteiger partial charge in [-0.15, -0.1) is 0 Å². The molecule has 0 radical (unpaired) electrons. The highest BCUT2D eigenvalue weighted by atomic mass is 16.5. The molecule has 3 heteroatoms. The van der Waals surface area contributed by atoms with Gasteiger partial charge < -0.3 is 14.9 Å². The maximum absolute atomic E-state index is 9.55. The number of hydrogen-bond acceptors (Lipinski definition) is 3. The van der Waals surface area contributed by atoms with Crippen LogP contribution in [0.25, 0.3) is 0 Å². The largest absolute Gasteiger partial charge is 0.493 e. The maximum Gasteiger partial charge on any atom is 0.122 e. The van der Waals surface area contributed by atoms with Crippen molar-refractivity contribution in [1.82, 2.24) is 0 Å². The zero-order chi connectivity index (χ0) is 14.4. The predicted octanol–water partition coefficient (Wildman–Crippen LogP) is 2.94. The fraction of sp³-hybridized carbons (Fsp3) is 0.625. The third-order valence-electron chi connectivity index (χ3n) is 3.61. The minimum Gasteiger partial charge on any atom is -0.493 e. The van der Waals surface area contributed by atoms with E-state index < -0.39 is 6.10 Å². The summed E-state index contributed by atoms with van der Waals surface area (Å²) in [7, 11) is 0. The summed E-state index contributed by atoms with van der Waals surface area (Å²) in [6.07, 6.45) is 0.927. The van der Waals surface area contributed by atoms with Gasteiger partial charge in [0.1, 0.15) is 5.75 Å². The Bertz CT molecular complexity index is 401. The van der Waals surface area contributed by atoms with Gasteiger partial charge in [0.25, 0.3) is 0 Å². The molecule has 1 rings (SSSR count). The van der Waals surface area contributed by atoms with E-state index in [1.807, 2.05) is 6.07 Å². The molecule has 0 amide bonds. The Hall–Kier alpha value is -1.06. The maximum atomic E-state index is 9.55. The number of benzene rings is 1. The van der Waals surface area contributed by atoms with Crippen LogP contribution in [-0.4, -0.2) is 29.5 Å². The fourth-order valence-electron chi connectivity index (χ4n) is 2.33. The van der Waals surface area contributed by atoms with Crippen LogP contribution in [0.15, 0.2) is 12.1 Å². The zero-order valence-electron chi connectivity index (χ0n) is 12.4. The highest BCUT2D eigenvalue weighted by Gasteiger charge is 2.16. The molecule has 0 aliphatic heterocycles. The molecule has 0 bridgehead atoms. The molecule has 0 fully saturated rings. The molecule has 2 unspecified atom stereocenters. The molecule has 3 nitrogen and oxygen atoms in total. The summed E-state index contributed by atoms with van der Waals surface area (Å²) in [4.78, 5) is 0. The average Bonchev–Trinajstić information content (AvgIpc) is 2.40. The van der Waals surface area contributed by atoms with Crippen molar-refractivity contribution in [3.63, 3.8) is 0 Å². The van der Waals surface area contributed by atoms with Gasteiger partial charge in [-0.3, -0.25) is 0 Å². The quantitative estimate of drug-likeness (QED) is 0.797. The minimum absolute atomic E-state index is 0.180. The Balaban J connectivity index is 2.89. The van der Waals surface area contributed by atoms with Crippen LogP contribution >= 0.6 is 0 Å². The highest BCUT2D eigenvalue weighted by Crippen LogP contribution is 2.31. The van der Waals surface area contributed by atoms with Gasteiger partial charge in [0, 0.05) is 0 Å². The van der Waals surface area contributed by atoms with E-state index in [4.69, 9.17) is 9.84 Å². The summed E-state index contributed by atoms with van der Waals surface area (Å²) in [5.74, 6) is 1.17. The minimum atomic E-state index is -0.647. The number of aliphatic hydroxyl groups excluding tert-OH is 2. The number of rotatable bonds is 7. The van der Waals surface area contributed by atoms with Crippen molar-refractivity contribution >= 4 is 0 Å². The first-order valence-electron chi connectivity index (χ1n) is 7.03. The van der Waals surface area contributed by atoms with Crippen LogP contribution in [0.2, 0.25) is 0 Å². The van der Waals surface area contributed by atoms with Crippen molar-refractivity contribution in [2.24, 2.45) is 0 Å². The van der Waals surface area contributed by atoms with Gasteiger partial charge in [-0.25, -0.2) is 0 Å². The lowest BCUT2D eigenvalue weighted by Crippen LogP contribution is -2.15. The van der Waals surface area contributed by atoms with E-state index in [-0.39, 0.29) is 12.5 Å². The Labute approximate surface area is 116 Å². The predicted molar refractivity (Wildman–Crippen MR) is 77.8 cm³/mol. The third-order valence-corrected chi connectivity index (χ3v) is 3.61. The summed E-state index contributed by atoms with van der Waals surface area (Å²) in [6, 6.07) is 4.08. The van der Waals surface area contributed by atoms with Gasteiger partial charge in [0.05, 0.1) is 19.3 Å². The Morgan fingerprint density at radius 1 is 1.21 bits per heavy atom. The standard InChI is InChI=1S/C16H26O3/c1-5-8-19-16-7-6-15(12(3)13(16)4)11(2)9-14(18)10-17/h6-7,11,14,17-18H,5,8-10H2,1-4H3. The molecular weight excluding hydrogens is 240 g/mol. The molecular formula is C16H26O3. The van der Waals surface area contributed by atoms with Crippen LogP contribution in [0.5, 0.6) is 5.75 Å². The molecule has 0 aromatic heterocycles. The van der Waals surface area contributed by atoms with Crippen LogP contribution in [-0.2, 0) is 0 Å². The van der Waals surface area contributed by atoms with Crippen molar-refractivity contribution < 1.29 is 14.9 Å². The SMILES string of the molecule is CCCOc1ccc(C(C)CC(O)CO)c(C)c1C. The molecule has 0 spiro atoms. The van der Waals surface area contributed by atoms with Crippen LogP contribution in [0, 0.1) is 13.8 Å². The van der Waals surface area contributed by atoms with Crippen LogP contribution < -0.4 is 4.74 Å². The first-order valence-corrected chi connectivity index (χ1v) is 7.03. The van der Waals surface area contributed by atoms with Crippen LogP contribution in [0.3, 0.4) is 0 Å². The van der Waals surface area contributed by atoms with Gasteiger partial charge >= 0.3 is 0 Å². The molecule has 108 valence electrons. The summed E-state index contributed by atoms with van der Waals surface area (Å²) < 4.78 is 5.71. The Morgan fingerprint density at radius 2 is 1.89 bits per heavy atom. The van der Waals surface area contributed by atoms with Gasteiger partial charge in [0.2, 0.25) is 0 Å². The van der Waals surface area contributed by atoms with E-state index in [2.05, 4.69) is 33.8 Å². The Morgan fingerprint density at radius 3 is 2.47 bits per heavy atom. The van der Waals surface area contributed by atoms with Crippen molar-refractivity contribution in [3.05, 3.63) is 28.8 Å². The van der Waals surface area contributed by atoms with E-state index in [0.717, 1.165) is 24.3 Å². The molecule has 0 heterocycles. The number of ether oxygens (including phenoxy) is 1. The van der Waals surface area contributed by atoms with Crippen LogP contribution in [0.1, 0.15) is 49.3 Å². The lowest BCUT2D eigenvalue weighted by molar-refractivity contribution is 0.0835. The van der Waals surface area contributed by atoms with E-state index in [0.29, 0.717) is 6.42 Å². The molecule has 0 saturated heterocycles. The van der Waals surface area contributed by atoms with Gasteiger partial charge in [-0.05, 0) is 55.4 Å². The average molecular weight is 266 g/mol. The summed E-state index contributed by atoms with van der Waals surface area (Å²) in [5, 5.41) is 18.5. The lowest BCUT2D eigenvalue weighted by Gasteiger charge is -2.20. The molecule has 1 aromatic rings. The second kappa shape index (κ2) is 7.51.